The van der Waals surface area contributed by atoms with Crippen molar-refractivity contribution in [3.63, 3.8) is 0 Å². The Hall–Kier alpha value is -1.56. The van der Waals surface area contributed by atoms with Gasteiger partial charge in [-0.05, 0) is 91.1 Å². The SMILES string of the molecule is Cc1cc(C)c2c(c1C)Cc1c(C)ccc(C)c1-2. The molecule has 3 rings (SSSR count). The van der Waals surface area contributed by atoms with Gasteiger partial charge in [-0.3, -0.25) is 0 Å². The van der Waals surface area contributed by atoms with Crippen LogP contribution in [0.25, 0.3) is 11.1 Å². The summed E-state index contributed by atoms with van der Waals surface area (Å²) >= 11 is 0. The number of hydrogen-bond acceptors (Lipinski definition) is 0. The van der Waals surface area contributed by atoms with E-state index in [-0.39, 0.29) is 0 Å². The molecule has 1 aliphatic rings. The molecule has 0 radical (unpaired) electrons. The van der Waals surface area contributed by atoms with Crippen LogP contribution in [0.2, 0.25) is 0 Å². The predicted molar refractivity (Wildman–Crippen MR) is 78.4 cm³/mol. The Balaban J connectivity index is 2.42. The van der Waals surface area contributed by atoms with Crippen molar-refractivity contribution in [1.29, 1.82) is 0 Å². The first-order chi connectivity index (χ1) is 8.50. The van der Waals surface area contributed by atoms with Crippen LogP contribution < -0.4 is 0 Å². The Labute approximate surface area is 110 Å². The fourth-order valence-corrected chi connectivity index (χ4v) is 3.36. The van der Waals surface area contributed by atoms with Crippen LogP contribution in [-0.4, -0.2) is 0 Å². The molecule has 0 amide bonds. The molecular weight excluding hydrogens is 216 g/mol. The highest BCUT2D eigenvalue weighted by molar-refractivity contribution is 5.84. The molecule has 0 heteroatoms. The number of fused-ring (bicyclic) bond motifs is 3. The van der Waals surface area contributed by atoms with Gasteiger partial charge < -0.3 is 0 Å². The van der Waals surface area contributed by atoms with E-state index in [9.17, 15) is 0 Å². The van der Waals surface area contributed by atoms with Gasteiger partial charge in [0.05, 0.1) is 0 Å². The van der Waals surface area contributed by atoms with Crippen molar-refractivity contribution in [1.82, 2.24) is 0 Å². The summed E-state index contributed by atoms with van der Waals surface area (Å²) in [5, 5.41) is 0. The Kier molecular flexibility index (Phi) is 2.38. The molecule has 0 bridgehead atoms. The second-order valence-corrected chi connectivity index (χ2v) is 5.72. The van der Waals surface area contributed by atoms with E-state index in [2.05, 4.69) is 52.8 Å². The third-order valence-corrected chi connectivity index (χ3v) is 4.53. The summed E-state index contributed by atoms with van der Waals surface area (Å²) in [7, 11) is 0. The van der Waals surface area contributed by atoms with E-state index in [0.717, 1.165) is 6.42 Å². The minimum absolute atomic E-state index is 1.12. The Morgan fingerprint density at radius 2 is 1.28 bits per heavy atom. The van der Waals surface area contributed by atoms with E-state index >= 15 is 0 Å². The third-order valence-electron chi connectivity index (χ3n) is 4.53. The van der Waals surface area contributed by atoms with Gasteiger partial charge in [0, 0.05) is 0 Å². The van der Waals surface area contributed by atoms with Crippen LogP contribution in [-0.2, 0) is 6.42 Å². The van der Waals surface area contributed by atoms with Crippen molar-refractivity contribution < 1.29 is 0 Å². The fourth-order valence-electron chi connectivity index (χ4n) is 3.36. The summed E-state index contributed by atoms with van der Waals surface area (Å²) in [6.45, 7) is 11.2. The van der Waals surface area contributed by atoms with Crippen molar-refractivity contribution in [2.75, 3.05) is 0 Å². The molecule has 0 heterocycles. The molecule has 2 aromatic carbocycles. The van der Waals surface area contributed by atoms with Crippen molar-refractivity contribution in [2.24, 2.45) is 0 Å². The zero-order valence-corrected chi connectivity index (χ0v) is 11.9. The first kappa shape index (κ1) is 11.5. The van der Waals surface area contributed by atoms with Gasteiger partial charge in [0.15, 0.2) is 0 Å². The highest BCUT2D eigenvalue weighted by Crippen LogP contribution is 2.44. The molecule has 2 aromatic rings. The predicted octanol–water partition coefficient (Wildman–Crippen LogP) is 4.80. The van der Waals surface area contributed by atoms with Gasteiger partial charge in [-0.2, -0.15) is 0 Å². The second kappa shape index (κ2) is 3.71. The van der Waals surface area contributed by atoms with E-state index in [4.69, 9.17) is 0 Å². The Morgan fingerprint density at radius 3 is 2.00 bits per heavy atom. The van der Waals surface area contributed by atoms with Crippen LogP contribution in [0.1, 0.15) is 38.9 Å². The highest BCUT2D eigenvalue weighted by Gasteiger charge is 2.25. The quantitative estimate of drug-likeness (QED) is 0.526. The summed E-state index contributed by atoms with van der Waals surface area (Å²) < 4.78 is 0. The maximum atomic E-state index is 2.34. The van der Waals surface area contributed by atoms with Gasteiger partial charge in [0.25, 0.3) is 0 Å². The van der Waals surface area contributed by atoms with Crippen LogP contribution in [0.3, 0.4) is 0 Å². The molecule has 0 saturated carbocycles. The summed E-state index contributed by atoms with van der Waals surface area (Å²) in [4.78, 5) is 0. The van der Waals surface area contributed by atoms with Crippen molar-refractivity contribution in [2.45, 2.75) is 41.0 Å². The van der Waals surface area contributed by atoms with Gasteiger partial charge in [0.1, 0.15) is 0 Å². The van der Waals surface area contributed by atoms with Crippen molar-refractivity contribution in [3.8, 4) is 11.1 Å². The summed E-state index contributed by atoms with van der Waals surface area (Å²) in [6, 6.07) is 6.86. The molecule has 0 aliphatic heterocycles. The molecule has 0 saturated heterocycles. The molecular formula is C18H20. The lowest BCUT2D eigenvalue weighted by Crippen LogP contribution is -1.93. The third kappa shape index (κ3) is 1.38. The van der Waals surface area contributed by atoms with Gasteiger partial charge >= 0.3 is 0 Å². The summed E-state index contributed by atoms with van der Waals surface area (Å²) in [5.74, 6) is 0. The highest BCUT2D eigenvalue weighted by atomic mass is 14.3. The second-order valence-electron chi connectivity index (χ2n) is 5.72. The first-order valence-electron chi connectivity index (χ1n) is 6.70. The molecule has 0 aromatic heterocycles. The van der Waals surface area contributed by atoms with Gasteiger partial charge in [-0.1, -0.05) is 18.2 Å². The van der Waals surface area contributed by atoms with Crippen molar-refractivity contribution >= 4 is 0 Å². The normalized spacial score (nSPS) is 12.5. The monoisotopic (exact) mass is 236 g/mol. The average molecular weight is 236 g/mol. The number of benzene rings is 2. The lowest BCUT2D eigenvalue weighted by Gasteiger charge is -2.13. The van der Waals surface area contributed by atoms with E-state index in [1.54, 1.807) is 11.1 Å². The fraction of sp³-hybridized carbons (Fsp3) is 0.333. The average Bonchev–Trinajstić information content (AvgIpc) is 2.73. The maximum absolute atomic E-state index is 2.34. The molecule has 0 fully saturated rings. The Bertz CT molecular complexity index is 660. The summed E-state index contributed by atoms with van der Waals surface area (Å²) in [6.07, 6.45) is 1.12. The minimum Gasteiger partial charge on any atom is -0.0587 e. The molecule has 0 spiro atoms. The van der Waals surface area contributed by atoms with Crippen LogP contribution in [0.5, 0.6) is 0 Å². The Morgan fingerprint density at radius 1 is 0.667 bits per heavy atom. The van der Waals surface area contributed by atoms with E-state index < -0.39 is 0 Å². The molecule has 0 nitrogen and oxygen atoms in total. The lowest BCUT2D eigenvalue weighted by molar-refractivity contribution is 1.16. The lowest BCUT2D eigenvalue weighted by atomic mass is 9.92. The van der Waals surface area contributed by atoms with Crippen LogP contribution in [0.4, 0.5) is 0 Å². The molecule has 18 heavy (non-hydrogen) atoms. The largest absolute Gasteiger partial charge is 0.0587 e. The van der Waals surface area contributed by atoms with Crippen molar-refractivity contribution in [3.05, 3.63) is 57.1 Å². The van der Waals surface area contributed by atoms with E-state index in [1.165, 1.54) is 38.9 Å². The molecule has 0 N–H and O–H groups in total. The molecule has 1 aliphatic carbocycles. The molecule has 0 unspecified atom stereocenters. The smallest absolute Gasteiger partial charge is 0.000789 e. The zero-order valence-electron chi connectivity index (χ0n) is 11.9. The standard InChI is InChI=1S/C18H20/c1-10-6-7-11(2)17-15(10)9-16-14(5)12(3)8-13(4)18(16)17/h6-8H,9H2,1-5H3. The van der Waals surface area contributed by atoms with Crippen LogP contribution in [0.15, 0.2) is 18.2 Å². The van der Waals surface area contributed by atoms with E-state index in [1.807, 2.05) is 0 Å². The maximum Gasteiger partial charge on any atom is -0.000789 e. The molecule has 92 valence electrons. The number of hydrogen-bond donors (Lipinski definition) is 0. The van der Waals surface area contributed by atoms with Crippen LogP contribution >= 0.6 is 0 Å². The minimum atomic E-state index is 1.12. The molecule has 0 atom stereocenters. The van der Waals surface area contributed by atoms with Gasteiger partial charge in [0.2, 0.25) is 0 Å². The first-order valence-corrected chi connectivity index (χ1v) is 6.70. The number of aryl methyl sites for hydroxylation is 4. The van der Waals surface area contributed by atoms with Gasteiger partial charge in [-0.15, -0.1) is 0 Å². The summed E-state index contributed by atoms with van der Waals surface area (Å²) in [5.41, 5.74) is 13.3. The van der Waals surface area contributed by atoms with Gasteiger partial charge in [-0.25, -0.2) is 0 Å². The zero-order chi connectivity index (χ0) is 13.0. The van der Waals surface area contributed by atoms with E-state index in [0.29, 0.717) is 0 Å². The topological polar surface area (TPSA) is 0 Å². The van der Waals surface area contributed by atoms with Crippen LogP contribution in [0, 0.1) is 34.6 Å². The number of rotatable bonds is 0.